The van der Waals surface area contributed by atoms with E-state index in [9.17, 15) is 8.42 Å². The van der Waals surface area contributed by atoms with Crippen LogP contribution in [0.3, 0.4) is 0 Å². The molecule has 1 heterocycles. The molecule has 0 saturated carbocycles. The quantitative estimate of drug-likeness (QED) is 0.789. The Morgan fingerprint density at radius 1 is 1.33 bits per heavy atom. The van der Waals surface area contributed by atoms with E-state index in [-0.39, 0.29) is 0 Å². The van der Waals surface area contributed by atoms with Crippen molar-refractivity contribution in [1.82, 2.24) is 5.32 Å². The molecule has 0 bridgehead atoms. The summed E-state index contributed by atoms with van der Waals surface area (Å²) in [5, 5.41) is 4.24. The van der Waals surface area contributed by atoms with Crippen LogP contribution in [0.15, 0.2) is 18.2 Å². The maximum atomic E-state index is 11.0. The molecule has 0 unspecified atom stereocenters. The molecule has 0 aliphatic carbocycles. The monoisotopic (exact) mass is 270 g/mol. The fourth-order valence-corrected chi connectivity index (χ4v) is 2.44. The average molecular weight is 270 g/mol. The van der Waals surface area contributed by atoms with Gasteiger partial charge in [0.1, 0.15) is 0 Å². The third-order valence-corrected chi connectivity index (χ3v) is 3.27. The molecule has 1 aliphatic rings. The van der Waals surface area contributed by atoms with Crippen LogP contribution in [-0.2, 0) is 10.3 Å². The highest BCUT2D eigenvalue weighted by atomic mass is 32.2. The predicted molar refractivity (Wildman–Crippen MR) is 70.4 cm³/mol. The molecule has 99 valence electrons. The molecule has 0 aromatic heterocycles. The zero-order valence-corrected chi connectivity index (χ0v) is 10.9. The number of benzene rings is 1. The number of hydrogen-bond acceptors (Lipinski definition) is 3. The maximum absolute atomic E-state index is 11.0. The van der Waals surface area contributed by atoms with Crippen molar-refractivity contribution in [2.45, 2.75) is 6.92 Å². The highest BCUT2D eigenvalue weighted by Gasteiger charge is 2.17. The molecular formula is C11H16N3O3S. The first-order valence-corrected chi connectivity index (χ1v) is 7.14. The van der Waals surface area contributed by atoms with E-state index in [1.54, 1.807) is 6.07 Å². The van der Waals surface area contributed by atoms with E-state index in [0.29, 0.717) is 5.69 Å². The molecule has 0 amide bonds. The second-order valence-electron chi connectivity index (χ2n) is 4.26. The number of anilines is 2. The van der Waals surface area contributed by atoms with Gasteiger partial charge in [-0.1, -0.05) is 6.07 Å². The smallest absolute Gasteiger partial charge is 0.357 e. The average Bonchev–Trinajstić information content (AvgIpc) is 2.28. The van der Waals surface area contributed by atoms with Crippen molar-refractivity contribution < 1.29 is 13.0 Å². The van der Waals surface area contributed by atoms with Crippen LogP contribution >= 0.6 is 0 Å². The minimum absolute atomic E-state index is 0.402. The number of nitrogens with one attached hydrogen (secondary N) is 1. The largest absolute Gasteiger partial charge is 0.367 e. The normalized spacial score (nSPS) is 16.7. The summed E-state index contributed by atoms with van der Waals surface area (Å²) in [6, 6.07) is 5.47. The Morgan fingerprint density at radius 3 is 2.61 bits per heavy atom. The molecular weight excluding hydrogens is 254 g/mol. The first-order valence-electron chi connectivity index (χ1n) is 5.70. The van der Waals surface area contributed by atoms with E-state index in [1.807, 2.05) is 19.1 Å². The summed E-state index contributed by atoms with van der Waals surface area (Å²) in [6.45, 7) is 4.84. The van der Waals surface area contributed by atoms with Gasteiger partial charge in [0, 0.05) is 26.2 Å². The molecule has 2 N–H and O–H groups in total. The second-order valence-corrected chi connectivity index (χ2v) is 5.41. The van der Waals surface area contributed by atoms with Crippen molar-refractivity contribution in [3.63, 3.8) is 0 Å². The summed E-state index contributed by atoms with van der Waals surface area (Å²) in [6.07, 6.45) is 0. The topological polar surface area (TPSA) is 83.7 Å². The van der Waals surface area contributed by atoms with E-state index in [2.05, 4.69) is 14.9 Å². The van der Waals surface area contributed by atoms with Gasteiger partial charge in [-0.25, -0.2) is 5.32 Å². The predicted octanol–water partition coefficient (Wildman–Crippen LogP) is 0.634. The highest BCUT2D eigenvalue weighted by molar-refractivity contribution is 7.87. The highest BCUT2D eigenvalue weighted by Crippen LogP contribution is 2.28. The van der Waals surface area contributed by atoms with Crippen molar-refractivity contribution in [2.24, 2.45) is 0 Å². The Balaban J connectivity index is 2.33. The number of rotatable bonds is 3. The Bertz CT molecular complexity index is 524. The summed E-state index contributed by atoms with van der Waals surface area (Å²) in [5.74, 6) is 0. The van der Waals surface area contributed by atoms with Crippen molar-refractivity contribution in [1.29, 1.82) is 0 Å². The SMILES string of the molecule is Cc1ccc(N2CC[N]CC2)c(NS(=O)(=O)O)c1. The van der Waals surface area contributed by atoms with Gasteiger partial charge in [0.15, 0.2) is 0 Å². The fraction of sp³-hybridized carbons (Fsp3) is 0.455. The minimum Gasteiger partial charge on any atom is -0.367 e. The number of nitrogens with zero attached hydrogens (tertiary/aromatic N) is 2. The summed E-state index contributed by atoms with van der Waals surface area (Å²) in [5.41, 5.74) is 2.10. The fourth-order valence-electron chi connectivity index (χ4n) is 1.99. The first kappa shape index (κ1) is 13.1. The Morgan fingerprint density at radius 2 is 2.00 bits per heavy atom. The molecule has 1 radical (unpaired) electrons. The molecule has 1 aromatic rings. The van der Waals surface area contributed by atoms with Crippen LogP contribution in [0.25, 0.3) is 0 Å². The summed E-state index contributed by atoms with van der Waals surface area (Å²) >= 11 is 0. The zero-order chi connectivity index (χ0) is 13.2. The summed E-state index contributed by atoms with van der Waals surface area (Å²) < 4.78 is 33.0. The van der Waals surface area contributed by atoms with Gasteiger partial charge in [0.05, 0.1) is 11.4 Å². The van der Waals surface area contributed by atoms with Gasteiger partial charge < -0.3 is 4.90 Å². The molecule has 1 aliphatic heterocycles. The molecule has 1 saturated heterocycles. The maximum Gasteiger partial charge on any atom is 0.357 e. The van der Waals surface area contributed by atoms with Crippen LogP contribution in [0, 0.1) is 6.92 Å². The Hall–Kier alpha value is -1.31. The Labute approximate surface area is 107 Å². The lowest BCUT2D eigenvalue weighted by Gasteiger charge is -2.30. The third-order valence-electron chi connectivity index (χ3n) is 2.79. The molecule has 18 heavy (non-hydrogen) atoms. The lowest BCUT2D eigenvalue weighted by Crippen LogP contribution is -2.40. The molecule has 7 heteroatoms. The van der Waals surface area contributed by atoms with E-state index in [0.717, 1.165) is 37.4 Å². The molecule has 1 fully saturated rings. The standard InChI is InChI=1S/C11H16N3O3S/c1-9-2-3-11(14-6-4-12-5-7-14)10(8-9)13-18(15,16)17/h2-3,8,13H,4-7H2,1H3,(H,15,16,17). The molecule has 2 rings (SSSR count). The molecule has 0 spiro atoms. The van der Waals surface area contributed by atoms with Gasteiger partial charge in [-0.2, -0.15) is 8.42 Å². The third kappa shape index (κ3) is 3.34. The van der Waals surface area contributed by atoms with Crippen LogP contribution in [0.5, 0.6) is 0 Å². The van der Waals surface area contributed by atoms with E-state index in [1.165, 1.54) is 0 Å². The van der Waals surface area contributed by atoms with Crippen LogP contribution < -0.4 is 14.9 Å². The molecule has 1 aromatic carbocycles. The van der Waals surface area contributed by atoms with E-state index in [4.69, 9.17) is 4.55 Å². The molecule has 6 nitrogen and oxygen atoms in total. The van der Waals surface area contributed by atoms with E-state index >= 15 is 0 Å². The van der Waals surface area contributed by atoms with Gasteiger partial charge in [0.2, 0.25) is 0 Å². The second kappa shape index (κ2) is 5.13. The van der Waals surface area contributed by atoms with Crippen molar-refractivity contribution in [3.8, 4) is 0 Å². The van der Waals surface area contributed by atoms with E-state index < -0.39 is 10.3 Å². The van der Waals surface area contributed by atoms with Gasteiger partial charge in [-0.3, -0.25) is 9.27 Å². The van der Waals surface area contributed by atoms with Gasteiger partial charge in [-0.15, -0.1) is 0 Å². The zero-order valence-electron chi connectivity index (χ0n) is 10.1. The number of aryl methyl sites for hydroxylation is 1. The van der Waals surface area contributed by atoms with Crippen LogP contribution in [0.4, 0.5) is 11.4 Å². The van der Waals surface area contributed by atoms with Crippen LogP contribution in [0.1, 0.15) is 5.56 Å². The van der Waals surface area contributed by atoms with Crippen molar-refractivity contribution in [2.75, 3.05) is 35.8 Å². The number of piperazine rings is 1. The summed E-state index contributed by atoms with van der Waals surface area (Å²) in [4.78, 5) is 2.06. The Kier molecular flexibility index (Phi) is 3.74. The minimum atomic E-state index is -4.26. The van der Waals surface area contributed by atoms with Gasteiger partial charge in [-0.05, 0) is 24.6 Å². The van der Waals surface area contributed by atoms with Crippen LogP contribution in [0.2, 0.25) is 0 Å². The van der Waals surface area contributed by atoms with Crippen molar-refractivity contribution in [3.05, 3.63) is 23.8 Å². The van der Waals surface area contributed by atoms with Crippen LogP contribution in [-0.4, -0.2) is 39.1 Å². The first-order chi connectivity index (χ1) is 8.46. The van der Waals surface area contributed by atoms with Gasteiger partial charge in [0.25, 0.3) is 0 Å². The molecule has 0 atom stereocenters. The summed E-state index contributed by atoms with van der Waals surface area (Å²) in [7, 11) is -4.26. The number of hydrogen-bond donors (Lipinski definition) is 2. The lowest BCUT2D eigenvalue weighted by molar-refractivity contribution is 0.489. The van der Waals surface area contributed by atoms with Gasteiger partial charge >= 0.3 is 10.3 Å². The lowest BCUT2D eigenvalue weighted by atomic mass is 10.1. The van der Waals surface area contributed by atoms with Crippen molar-refractivity contribution >= 4 is 21.7 Å².